The number of aliphatic imine (C=N–C) groups is 1. The molecule has 1 aromatic carbocycles. The van der Waals surface area contributed by atoms with Crippen molar-refractivity contribution in [1.82, 2.24) is 9.21 Å². The minimum Gasteiger partial charge on any atom is -0.370 e. The van der Waals surface area contributed by atoms with E-state index in [9.17, 15) is 12.8 Å². The van der Waals surface area contributed by atoms with Gasteiger partial charge in [0.2, 0.25) is 10.0 Å². The van der Waals surface area contributed by atoms with Crippen LogP contribution in [0.1, 0.15) is 19.8 Å². The SMILES string of the molecule is CC1CCN(C(N)=NCCN(C)S(=O)(=O)c2ccc(F)cc2)CC1.I. The number of rotatable bonds is 5. The molecule has 0 amide bonds. The van der Waals surface area contributed by atoms with Gasteiger partial charge in [-0.1, -0.05) is 6.92 Å². The van der Waals surface area contributed by atoms with Gasteiger partial charge in [0.1, 0.15) is 5.82 Å². The number of hydrogen-bond acceptors (Lipinski definition) is 3. The van der Waals surface area contributed by atoms with Crippen molar-refractivity contribution in [3.8, 4) is 0 Å². The number of hydrogen-bond donors (Lipinski definition) is 1. The molecule has 0 atom stereocenters. The van der Waals surface area contributed by atoms with Crippen molar-refractivity contribution in [2.45, 2.75) is 24.7 Å². The van der Waals surface area contributed by atoms with Gasteiger partial charge < -0.3 is 10.6 Å². The summed E-state index contributed by atoms with van der Waals surface area (Å²) in [5.41, 5.74) is 5.98. The van der Waals surface area contributed by atoms with Gasteiger partial charge in [0.05, 0.1) is 11.4 Å². The van der Waals surface area contributed by atoms with Crippen LogP contribution in [0.5, 0.6) is 0 Å². The van der Waals surface area contributed by atoms with Gasteiger partial charge in [-0.25, -0.2) is 12.8 Å². The molecule has 6 nitrogen and oxygen atoms in total. The molecule has 1 saturated heterocycles. The summed E-state index contributed by atoms with van der Waals surface area (Å²) >= 11 is 0. The second-order valence-electron chi connectivity index (χ2n) is 6.19. The van der Waals surface area contributed by atoms with E-state index in [1.165, 1.54) is 23.5 Å². The predicted octanol–water partition coefficient (Wildman–Crippen LogP) is 2.11. The Morgan fingerprint density at radius 1 is 1.32 bits per heavy atom. The summed E-state index contributed by atoms with van der Waals surface area (Å²) in [6, 6.07) is 4.78. The molecule has 1 fully saturated rings. The fraction of sp³-hybridized carbons (Fsp3) is 0.562. The third-order valence-corrected chi connectivity index (χ3v) is 6.19. The van der Waals surface area contributed by atoms with Crippen molar-refractivity contribution in [3.63, 3.8) is 0 Å². The van der Waals surface area contributed by atoms with Crippen molar-refractivity contribution in [1.29, 1.82) is 0 Å². The molecule has 0 saturated carbocycles. The molecule has 0 spiro atoms. The molecule has 1 aliphatic heterocycles. The van der Waals surface area contributed by atoms with E-state index >= 15 is 0 Å². The molecule has 0 aromatic heterocycles. The molecule has 1 aliphatic rings. The quantitative estimate of drug-likeness (QED) is 0.395. The summed E-state index contributed by atoms with van der Waals surface area (Å²) < 4.78 is 38.9. The number of likely N-dealkylation sites (tertiary alicyclic amines) is 1. The van der Waals surface area contributed by atoms with Crippen LogP contribution in [0.15, 0.2) is 34.2 Å². The van der Waals surface area contributed by atoms with E-state index in [4.69, 9.17) is 5.73 Å². The first-order chi connectivity index (χ1) is 11.3. The van der Waals surface area contributed by atoms with Gasteiger partial charge in [0.25, 0.3) is 0 Å². The Balaban J connectivity index is 0.00000312. The van der Waals surface area contributed by atoms with E-state index in [1.807, 2.05) is 4.90 Å². The molecular weight excluding hydrogens is 458 g/mol. The van der Waals surface area contributed by atoms with Crippen molar-refractivity contribution in [2.24, 2.45) is 16.6 Å². The van der Waals surface area contributed by atoms with E-state index in [0.717, 1.165) is 38.1 Å². The Kier molecular flexibility index (Phi) is 8.55. The number of sulfonamides is 1. The second kappa shape index (κ2) is 9.67. The molecule has 142 valence electrons. The molecule has 25 heavy (non-hydrogen) atoms. The number of likely N-dealkylation sites (N-methyl/N-ethyl adjacent to an activating group) is 1. The summed E-state index contributed by atoms with van der Waals surface area (Å²) in [5, 5.41) is 0. The first-order valence-corrected chi connectivity index (χ1v) is 9.51. The Bertz CT molecular complexity index is 674. The Morgan fingerprint density at radius 3 is 2.44 bits per heavy atom. The lowest BCUT2D eigenvalue weighted by molar-refractivity contribution is 0.277. The zero-order chi connectivity index (χ0) is 17.7. The molecule has 0 aliphatic carbocycles. The van der Waals surface area contributed by atoms with Gasteiger partial charge in [-0.3, -0.25) is 4.99 Å². The number of nitrogens with two attached hydrogens (primary N) is 1. The fourth-order valence-electron chi connectivity index (χ4n) is 2.55. The molecule has 1 aromatic rings. The largest absolute Gasteiger partial charge is 0.370 e. The fourth-order valence-corrected chi connectivity index (χ4v) is 3.71. The van der Waals surface area contributed by atoms with Crippen LogP contribution in [-0.2, 0) is 10.0 Å². The first-order valence-electron chi connectivity index (χ1n) is 8.07. The van der Waals surface area contributed by atoms with Gasteiger partial charge in [-0.2, -0.15) is 4.31 Å². The van der Waals surface area contributed by atoms with Crippen molar-refractivity contribution in [3.05, 3.63) is 30.1 Å². The third-order valence-electron chi connectivity index (χ3n) is 4.32. The van der Waals surface area contributed by atoms with E-state index in [-0.39, 0.29) is 42.0 Å². The van der Waals surface area contributed by atoms with E-state index in [2.05, 4.69) is 11.9 Å². The summed E-state index contributed by atoms with van der Waals surface area (Å²) in [5.74, 6) is 0.709. The standard InChI is InChI=1S/C16H25FN4O2S.HI/c1-13-7-10-21(11-8-13)16(18)19-9-12-20(2)24(22,23)15-5-3-14(17)4-6-15;/h3-6,13H,7-12H2,1-2H3,(H2,18,19);1H. The third kappa shape index (κ3) is 6.07. The summed E-state index contributed by atoms with van der Waals surface area (Å²) in [6.07, 6.45) is 2.18. The highest BCUT2D eigenvalue weighted by Crippen LogP contribution is 2.16. The normalized spacial score (nSPS) is 16.8. The molecule has 0 unspecified atom stereocenters. The van der Waals surface area contributed by atoms with Crippen LogP contribution < -0.4 is 5.73 Å². The number of nitrogens with zero attached hydrogens (tertiary/aromatic N) is 3. The van der Waals surface area contributed by atoms with Crippen molar-refractivity contribution in [2.75, 3.05) is 33.2 Å². The van der Waals surface area contributed by atoms with Crippen LogP contribution in [-0.4, -0.2) is 56.8 Å². The number of halogens is 2. The van der Waals surface area contributed by atoms with Crippen LogP contribution in [0, 0.1) is 11.7 Å². The molecule has 9 heteroatoms. The van der Waals surface area contributed by atoms with E-state index in [1.54, 1.807) is 0 Å². The van der Waals surface area contributed by atoms with Gasteiger partial charge >= 0.3 is 0 Å². The number of benzene rings is 1. The van der Waals surface area contributed by atoms with Crippen LogP contribution >= 0.6 is 24.0 Å². The molecule has 0 radical (unpaired) electrons. The summed E-state index contributed by atoms with van der Waals surface area (Å²) in [4.78, 5) is 6.39. The minimum absolute atomic E-state index is 0. The molecule has 2 rings (SSSR count). The topological polar surface area (TPSA) is 79.0 Å². The van der Waals surface area contributed by atoms with Gasteiger partial charge in [-0.15, -0.1) is 24.0 Å². The van der Waals surface area contributed by atoms with Crippen LogP contribution in [0.4, 0.5) is 4.39 Å². The van der Waals surface area contributed by atoms with Gasteiger partial charge in [-0.05, 0) is 43.0 Å². The predicted molar refractivity (Wildman–Crippen MR) is 108 cm³/mol. The lowest BCUT2D eigenvalue weighted by atomic mass is 10.00. The molecular formula is C16H26FIN4O2S. The van der Waals surface area contributed by atoms with Crippen LogP contribution in [0.3, 0.4) is 0 Å². The lowest BCUT2D eigenvalue weighted by Gasteiger charge is -2.31. The van der Waals surface area contributed by atoms with Gasteiger partial charge in [0, 0.05) is 26.7 Å². The van der Waals surface area contributed by atoms with Crippen LogP contribution in [0.25, 0.3) is 0 Å². The maximum atomic E-state index is 12.9. The molecule has 1 heterocycles. The van der Waals surface area contributed by atoms with E-state index < -0.39 is 15.8 Å². The average molecular weight is 484 g/mol. The minimum atomic E-state index is -3.64. The maximum absolute atomic E-state index is 12.9. The molecule has 2 N–H and O–H groups in total. The first kappa shape index (κ1) is 22.1. The number of guanidine groups is 1. The zero-order valence-corrected chi connectivity index (χ0v) is 17.7. The number of piperidine rings is 1. The Morgan fingerprint density at radius 2 is 1.88 bits per heavy atom. The highest BCUT2D eigenvalue weighted by Gasteiger charge is 2.21. The van der Waals surface area contributed by atoms with Crippen LogP contribution in [0.2, 0.25) is 0 Å². The Labute approximate surface area is 166 Å². The lowest BCUT2D eigenvalue weighted by Crippen LogP contribution is -2.43. The van der Waals surface area contributed by atoms with Gasteiger partial charge in [0.15, 0.2) is 5.96 Å². The molecule has 0 bridgehead atoms. The maximum Gasteiger partial charge on any atom is 0.242 e. The van der Waals surface area contributed by atoms with E-state index in [0.29, 0.717) is 11.9 Å². The zero-order valence-electron chi connectivity index (χ0n) is 14.6. The second-order valence-corrected chi connectivity index (χ2v) is 8.23. The highest BCUT2D eigenvalue weighted by atomic mass is 127. The highest BCUT2D eigenvalue weighted by molar-refractivity contribution is 14.0. The monoisotopic (exact) mass is 484 g/mol. The average Bonchev–Trinajstić information content (AvgIpc) is 2.55. The Hall–Kier alpha value is -0.940. The smallest absolute Gasteiger partial charge is 0.242 e. The van der Waals surface area contributed by atoms with Crippen molar-refractivity contribution >= 4 is 40.0 Å². The summed E-state index contributed by atoms with van der Waals surface area (Å²) in [6.45, 7) is 4.50. The van der Waals surface area contributed by atoms with Crippen molar-refractivity contribution < 1.29 is 12.8 Å². The summed E-state index contributed by atoms with van der Waals surface area (Å²) in [7, 11) is -2.16.